The number of hydrogen-bond donors (Lipinski definition) is 2. The van der Waals surface area contributed by atoms with Crippen molar-refractivity contribution in [2.75, 3.05) is 11.9 Å². The van der Waals surface area contributed by atoms with E-state index >= 15 is 0 Å². The second-order valence-corrected chi connectivity index (χ2v) is 7.47. The van der Waals surface area contributed by atoms with Gasteiger partial charge >= 0.3 is 0 Å². The van der Waals surface area contributed by atoms with Gasteiger partial charge in [0, 0.05) is 24.6 Å². The van der Waals surface area contributed by atoms with Gasteiger partial charge in [0.1, 0.15) is 0 Å². The normalized spacial score (nSPS) is 19.5. The molecule has 2 aliphatic rings. The van der Waals surface area contributed by atoms with Crippen LogP contribution in [0.1, 0.15) is 46.5 Å². The molecule has 29 heavy (non-hydrogen) atoms. The molecule has 2 heterocycles. The van der Waals surface area contributed by atoms with Crippen molar-refractivity contribution in [3.8, 4) is 0 Å². The summed E-state index contributed by atoms with van der Waals surface area (Å²) in [7, 11) is 0. The number of rotatable bonds is 5. The third kappa shape index (κ3) is 3.51. The summed E-state index contributed by atoms with van der Waals surface area (Å²) in [6.45, 7) is 4.27. The van der Waals surface area contributed by atoms with E-state index in [-0.39, 0.29) is 29.7 Å². The van der Waals surface area contributed by atoms with E-state index in [1.807, 2.05) is 38.1 Å². The standard InChI is InChI=1S/C22H22N4O3/c1-13-11-19(27)24-25-20(13)15-7-9-16(10-8-15)23-12-14(2)26-21(28)17-5-3-4-6-18(17)22(26)29/h3-10,13-14,23H,11-12H2,1-2H3,(H,24,27). The smallest absolute Gasteiger partial charge is 0.261 e. The number of amides is 3. The van der Waals surface area contributed by atoms with Crippen LogP contribution in [0, 0.1) is 5.92 Å². The molecule has 2 aromatic carbocycles. The summed E-state index contributed by atoms with van der Waals surface area (Å²) in [5, 5.41) is 7.45. The highest BCUT2D eigenvalue weighted by Crippen LogP contribution is 2.25. The van der Waals surface area contributed by atoms with Gasteiger partial charge in [0.15, 0.2) is 0 Å². The predicted octanol–water partition coefficient (Wildman–Crippen LogP) is 2.64. The SMILES string of the molecule is CC1CC(=O)NN=C1c1ccc(NCC(C)N2C(=O)c3ccccc3C2=O)cc1. The average Bonchev–Trinajstić information content (AvgIpc) is 2.97. The Labute approximate surface area is 168 Å². The van der Waals surface area contributed by atoms with E-state index in [4.69, 9.17) is 0 Å². The largest absolute Gasteiger partial charge is 0.383 e. The maximum Gasteiger partial charge on any atom is 0.261 e. The Morgan fingerprint density at radius 2 is 1.69 bits per heavy atom. The first-order chi connectivity index (χ1) is 14.0. The monoisotopic (exact) mass is 390 g/mol. The lowest BCUT2D eigenvalue weighted by molar-refractivity contribution is -0.121. The molecule has 0 radical (unpaired) electrons. The number of fused-ring (bicyclic) bond motifs is 1. The van der Waals surface area contributed by atoms with Crippen molar-refractivity contribution < 1.29 is 14.4 Å². The summed E-state index contributed by atoms with van der Waals surface area (Å²) in [5.41, 5.74) is 6.14. The van der Waals surface area contributed by atoms with E-state index in [2.05, 4.69) is 15.8 Å². The highest BCUT2D eigenvalue weighted by atomic mass is 16.2. The fraction of sp³-hybridized carbons (Fsp3) is 0.273. The van der Waals surface area contributed by atoms with Crippen LogP contribution < -0.4 is 10.7 Å². The van der Waals surface area contributed by atoms with Crippen molar-refractivity contribution in [1.29, 1.82) is 0 Å². The van der Waals surface area contributed by atoms with Crippen LogP contribution in [0.15, 0.2) is 53.6 Å². The molecule has 148 valence electrons. The third-order valence-corrected chi connectivity index (χ3v) is 5.31. The molecular formula is C22H22N4O3. The fourth-order valence-electron chi connectivity index (χ4n) is 3.73. The van der Waals surface area contributed by atoms with E-state index in [0.29, 0.717) is 24.1 Å². The van der Waals surface area contributed by atoms with Crippen LogP contribution in [0.2, 0.25) is 0 Å². The number of carbonyl (C=O) groups excluding carboxylic acids is 3. The lowest BCUT2D eigenvalue weighted by Gasteiger charge is -2.23. The minimum Gasteiger partial charge on any atom is -0.383 e. The number of hydrazone groups is 1. The van der Waals surface area contributed by atoms with E-state index in [1.165, 1.54) is 4.90 Å². The summed E-state index contributed by atoms with van der Waals surface area (Å²) in [5.74, 6) is -0.499. The molecule has 4 rings (SSSR count). The van der Waals surface area contributed by atoms with Crippen LogP contribution in [-0.4, -0.2) is 40.9 Å². The van der Waals surface area contributed by atoms with E-state index < -0.39 is 0 Å². The minimum absolute atomic E-state index is 0.0661. The van der Waals surface area contributed by atoms with Gasteiger partial charge in [0.2, 0.25) is 5.91 Å². The minimum atomic E-state index is -0.292. The molecule has 0 aliphatic carbocycles. The maximum atomic E-state index is 12.6. The van der Waals surface area contributed by atoms with Crippen molar-refractivity contribution >= 4 is 29.1 Å². The van der Waals surface area contributed by atoms with Gasteiger partial charge in [-0.1, -0.05) is 31.2 Å². The van der Waals surface area contributed by atoms with E-state index in [0.717, 1.165) is 17.0 Å². The van der Waals surface area contributed by atoms with Crippen LogP contribution >= 0.6 is 0 Å². The number of carbonyl (C=O) groups is 3. The Kier molecular flexibility index (Phi) is 4.88. The van der Waals surface area contributed by atoms with Gasteiger partial charge in [-0.2, -0.15) is 5.10 Å². The highest BCUT2D eigenvalue weighted by molar-refractivity contribution is 6.21. The molecule has 0 bridgehead atoms. The van der Waals surface area contributed by atoms with Crippen molar-refractivity contribution in [1.82, 2.24) is 10.3 Å². The molecule has 0 spiro atoms. The Morgan fingerprint density at radius 3 is 2.28 bits per heavy atom. The molecule has 2 unspecified atom stereocenters. The van der Waals surface area contributed by atoms with Gasteiger partial charge in [-0.05, 0) is 36.8 Å². The molecule has 2 atom stereocenters. The molecule has 7 nitrogen and oxygen atoms in total. The topological polar surface area (TPSA) is 90.9 Å². The van der Waals surface area contributed by atoms with Gasteiger partial charge in [-0.15, -0.1) is 0 Å². The van der Waals surface area contributed by atoms with Crippen molar-refractivity contribution in [3.63, 3.8) is 0 Å². The third-order valence-electron chi connectivity index (χ3n) is 5.31. The molecule has 0 aromatic heterocycles. The number of nitrogens with zero attached hydrogens (tertiary/aromatic N) is 2. The first kappa shape index (κ1) is 18.9. The number of imide groups is 1. The predicted molar refractivity (Wildman–Crippen MR) is 110 cm³/mol. The first-order valence-corrected chi connectivity index (χ1v) is 9.63. The van der Waals surface area contributed by atoms with E-state index in [9.17, 15) is 14.4 Å². The Morgan fingerprint density at radius 1 is 1.07 bits per heavy atom. The molecule has 3 amide bonds. The lowest BCUT2D eigenvalue weighted by Crippen LogP contribution is -2.41. The zero-order valence-corrected chi connectivity index (χ0v) is 16.3. The maximum absolute atomic E-state index is 12.6. The van der Waals surface area contributed by atoms with Crippen LogP contribution in [-0.2, 0) is 4.79 Å². The first-order valence-electron chi connectivity index (χ1n) is 9.63. The zero-order valence-electron chi connectivity index (χ0n) is 16.3. The highest BCUT2D eigenvalue weighted by Gasteiger charge is 2.37. The Balaban J connectivity index is 1.40. The Hall–Kier alpha value is -3.48. The molecule has 2 aromatic rings. The molecule has 0 fully saturated rings. The van der Waals surface area contributed by atoms with Gasteiger partial charge in [-0.3, -0.25) is 19.3 Å². The van der Waals surface area contributed by atoms with Crippen molar-refractivity contribution in [2.45, 2.75) is 26.3 Å². The van der Waals surface area contributed by atoms with Crippen LogP contribution in [0.4, 0.5) is 5.69 Å². The average molecular weight is 390 g/mol. The van der Waals surface area contributed by atoms with E-state index in [1.54, 1.807) is 24.3 Å². The van der Waals surface area contributed by atoms with Gasteiger partial charge in [0.05, 0.1) is 22.9 Å². The van der Waals surface area contributed by atoms with Crippen LogP contribution in [0.25, 0.3) is 0 Å². The molecule has 2 aliphatic heterocycles. The molecule has 2 N–H and O–H groups in total. The summed E-state index contributed by atoms with van der Waals surface area (Å²) in [6.07, 6.45) is 0.427. The van der Waals surface area contributed by atoms with Crippen molar-refractivity contribution in [3.05, 3.63) is 65.2 Å². The van der Waals surface area contributed by atoms with Gasteiger partial charge < -0.3 is 5.32 Å². The zero-order chi connectivity index (χ0) is 20.5. The summed E-state index contributed by atoms with van der Waals surface area (Å²) >= 11 is 0. The summed E-state index contributed by atoms with van der Waals surface area (Å²) in [6, 6.07) is 14.4. The molecular weight excluding hydrogens is 368 g/mol. The number of benzene rings is 2. The van der Waals surface area contributed by atoms with Crippen LogP contribution in [0.3, 0.4) is 0 Å². The van der Waals surface area contributed by atoms with Crippen molar-refractivity contribution in [2.24, 2.45) is 11.0 Å². The fourth-order valence-corrected chi connectivity index (χ4v) is 3.73. The number of anilines is 1. The summed E-state index contributed by atoms with van der Waals surface area (Å²) < 4.78 is 0. The van der Waals surface area contributed by atoms with Gasteiger partial charge in [0.25, 0.3) is 11.8 Å². The molecule has 0 saturated heterocycles. The molecule has 7 heteroatoms. The number of hydrogen-bond acceptors (Lipinski definition) is 5. The van der Waals surface area contributed by atoms with Gasteiger partial charge in [-0.25, -0.2) is 5.43 Å². The second kappa shape index (κ2) is 7.50. The quantitative estimate of drug-likeness (QED) is 0.768. The summed E-state index contributed by atoms with van der Waals surface area (Å²) in [4.78, 5) is 37.8. The lowest BCUT2D eigenvalue weighted by atomic mass is 9.94. The second-order valence-electron chi connectivity index (χ2n) is 7.47. The van der Waals surface area contributed by atoms with Crippen LogP contribution in [0.5, 0.6) is 0 Å². The molecule has 0 saturated carbocycles. The Bertz CT molecular complexity index is 978. The number of nitrogens with one attached hydrogen (secondary N) is 2.